The van der Waals surface area contributed by atoms with Crippen LogP contribution >= 0.6 is 0 Å². The summed E-state index contributed by atoms with van der Waals surface area (Å²) < 4.78 is 25.3. The first kappa shape index (κ1) is 19.4. The highest BCUT2D eigenvalue weighted by Crippen LogP contribution is 2.21. The molecule has 1 amide bonds. The number of esters is 1. The summed E-state index contributed by atoms with van der Waals surface area (Å²) in [6.07, 6.45) is 0. The summed E-state index contributed by atoms with van der Waals surface area (Å²) >= 11 is 0. The van der Waals surface area contributed by atoms with Crippen LogP contribution in [0, 0.1) is 26.6 Å². The molecule has 0 aliphatic heterocycles. The van der Waals surface area contributed by atoms with Crippen molar-refractivity contribution in [3.05, 3.63) is 76.3 Å². The minimum absolute atomic E-state index is 0.136. The minimum Gasteiger partial charge on any atom is -0.465 e. The zero-order valence-electron chi connectivity index (χ0n) is 16.1. The van der Waals surface area contributed by atoms with Crippen LogP contribution in [0.5, 0.6) is 0 Å². The number of halogens is 1. The highest BCUT2D eigenvalue weighted by atomic mass is 19.1. The molecule has 1 aromatic carbocycles. The maximum Gasteiger partial charge on any atom is 0.341 e. The van der Waals surface area contributed by atoms with E-state index in [0.717, 1.165) is 17.1 Å². The van der Waals surface area contributed by atoms with Gasteiger partial charge < -0.3 is 19.0 Å². The number of hydrogen-bond donors (Lipinski definition) is 1. The van der Waals surface area contributed by atoms with E-state index in [1.165, 1.54) is 19.2 Å². The van der Waals surface area contributed by atoms with Crippen LogP contribution in [0.25, 0.3) is 5.69 Å². The maximum atomic E-state index is 13.2. The molecule has 1 N–H and O–H groups in total. The van der Waals surface area contributed by atoms with Gasteiger partial charge in [-0.15, -0.1) is 0 Å². The van der Waals surface area contributed by atoms with Gasteiger partial charge in [-0.1, -0.05) is 0 Å². The van der Waals surface area contributed by atoms with Crippen molar-refractivity contribution < 1.29 is 23.1 Å². The van der Waals surface area contributed by atoms with E-state index in [4.69, 9.17) is 9.15 Å². The molecule has 0 atom stereocenters. The number of nitrogens with one attached hydrogen (secondary N) is 1. The molecule has 0 fully saturated rings. The quantitative estimate of drug-likeness (QED) is 0.678. The monoisotopic (exact) mass is 384 g/mol. The van der Waals surface area contributed by atoms with Gasteiger partial charge in [0.25, 0.3) is 5.91 Å². The molecule has 3 rings (SSSR count). The lowest BCUT2D eigenvalue weighted by molar-refractivity contribution is 0.0598. The summed E-state index contributed by atoms with van der Waals surface area (Å²) in [4.78, 5) is 24.3. The van der Waals surface area contributed by atoms with Gasteiger partial charge in [-0.05, 0) is 57.2 Å². The van der Waals surface area contributed by atoms with E-state index >= 15 is 0 Å². The first-order valence-electron chi connectivity index (χ1n) is 8.72. The third kappa shape index (κ3) is 3.69. The number of aryl methyl sites for hydroxylation is 2. The van der Waals surface area contributed by atoms with Crippen LogP contribution in [0.4, 0.5) is 4.39 Å². The fourth-order valence-corrected chi connectivity index (χ4v) is 3.19. The van der Waals surface area contributed by atoms with Crippen LogP contribution in [-0.2, 0) is 11.3 Å². The number of furan rings is 1. The van der Waals surface area contributed by atoms with Gasteiger partial charge in [0, 0.05) is 17.1 Å². The fourth-order valence-electron chi connectivity index (χ4n) is 3.19. The molecule has 0 bridgehead atoms. The molecular weight excluding hydrogens is 363 g/mol. The Morgan fingerprint density at radius 3 is 2.43 bits per heavy atom. The molecule has 3 aromatic rings. The first-order chi connectivity index (χ1) is 13.3. The summed E-state index contributed by atoms with van der Waals surface area (Å²) in [6.45, 7) is 5.51. The third-order valence-electron chi connectivity index (χ3n) is 4.56. The Kier molecular flexibility index (Phi) is 5.35. The molecule has 28 heavy (non-hydrogen) atoms. The zero-order valence-corrected chi connectivity index (χ0v) is 16.1. The van der Waals surface area contributed by atoms with Crippen LogP contribution in [-0.4, -0.2) is 23.6 Å². The Morgan fingerprint density at radius 2 is 1.79 bits per heavy atom. The van der Waals surface area contributed by atoms with E-state index in [2.05, 4.69) is 5.32 Å². The smallest absolute Gasteiger partial charge is 0.341 e. The number of nitrogens with zero attached hydrogens (tertiary/aromatic N) is 1. The number of hydrogen-bond acceptors (Lipinski definition) is 4. The van der Waals surface area contributed by atoms with Gasteiger partial charge in [0.15, 0.2) is 0 Å². The summed E-state index contributed by atoms with van der Waals surface area (Å²) in [5.74, 6) is -0.176. The SMILES string of the molecule is COC(=O)c1cc(CNC(=O)c2cc(C)n(-c3ccc(F)cc3)c2C)oc1C. The second-order valence-corrected chi connectivity index (χ2v) is 6.45. The normalized spacial score (nSPS) is 10.8. The molecule has 0 aliphatic rings. The molecule has 0 aliphatic carbocycles. The molecule has 0 saturated heterocycles. The lowest BCUT2D eigenvalue weighted by Crippen LogP contribution is -2.23. The first-order valence-corrected chi connectivity index (χ1v) is 8.72. The minimum atomic E-state index is -0.485. The number of amides is 1. The standard InChI is InChI=1S/C21H21FN2O4/c1-12-9-18(13(2)24(12)16-7-5-15(22)6-8-16)20(25)23-11-17-10-19(14(3)28-17)21(26)27-4/h5-10H,11H2,1-4H3,(H,23,25). The number of methoxy groups -OCH3 is 1. The van der Waals surface area contributed by atoms with Crippen LogP contribution in [0.15, 0.2) is 40.8 Å². The molecular formula is C21H21FN2O4. The van der Waals surface area contributed by atoms with Gasteiger partial charge in [0.05, 0.1) is 19.2 Å². The van der Waals surface area contributed by atoms with E-state index in [-0.39, 0.29) is 18.3 Å². The predicted molar refractivity (Wildman–Crippen MR) is 101 cm³/mol. The molecule has 0 saturated carbocycles. The largest absolute Gasteiger partial charge is 0.465 e. The van der Waals surface area contributed by atoms with Crippen molar-refractivity contribution in [2.45, 2.75) is 27.3 Å². The average Bonchev–Trinajstić information content (AvgIpc) is 3.19. The Bertz CT molecular complexity index is 1030. The van der Waals surface area contributed by atoms with Crippen molar-refractivity contribution in [3.63, 3.8) is 0 Å². The van der Waals surface area contributed by atoms with Gasteiger partial charge in [-0.2, -0.15) is 0 Å². The Hall–Kier alpha value is -3.35. The topological polar surface area (TPSA) is 73.5 Å². The van der Waals surface area contributed by atoms with Crippen LogP contribution in [0.2, 0.25) is 0 Å². The van der Waals surface area contributed by atoms with E-state index in [0.29, 0.717) is 22.6 Å². The number of carbonyl (C=O) groups excluding carboxylic acids is 2. The fraction of sp³-hybridized carbons (Fsp3) is 0.238. The predicted octanol–water partition coefficient (Wildman–Crippen LogP) is 3.85. The highest BCUT2D eigenvalue weighted by molar-refractivity contribution is 5.96. The summed E-state index contributed by atoms with van der Waals surface area (Å²) in [7, 11) is 1.30. The molecule has 7 heteroatoms. The lowest BCUT2D eigenvalue weighted by atomic mass is 10.2. The number of ether oxygens (including phenoxy) is 1. The zero-order chi connectivity index (χ0) is 20.4. The number of aromatic nitrogens is 1. The average molecular weight is 384 g/mol. The molecule has 6 nitrogen and oxygen atoms in total. The summed E-state index contributed by atoms with van der Waals surface area (Å²) in [5, 5.41) is 2.80. The van der Waals surface area contributed by atoms with Crippen LogP contribution < -0.4 is 5.32 Å². The van der Waals surface area contributed by atoms with Gasteiger partial charge in [0.1, 0.15) is 22.9 Å². The number of carbonyl (C=O) groups is 2. The van der Waals surface area contributed by atoms with E-state index < -0.39 is 5.97 Å². The van der Waals surface area contributed by atoms with E-state index in [1.54, 1.807) is 31.2 Å². The van der Waals surface area contributed by atoms with Crippen LogP contribution in [0.3, 0.4) is 0 Å². The Labute approximate surface area is 161 Å². The molecule has 146 valence electrons. The number of benzene rings is 1. The molecule has 2 heterocycles. The lowest BCUT2D eigenvalue weighted by Gasteiger charge is -2.10. The Balaban J connectivity index is 1.78. The third-order valence-corrected chi connectivity index (χ3v) is 4.56. The van der Waals surface area contributed by atoms with Crippen molar-refractivity contribution in [1.82, 2.24) is 9.88 Å². The summed E-state index contributed by atoms with van der Waals surface area (Å²) in [6, 6.07) is 9.43. The molecule has 0 unspecified atom stereocenters. The van der Waals surface area contributed by atoms with E-state index in [1.807, 2.05) is 18.4 Å². The molecule has 2 aromatic heterocycles. The van der Waals surface area contributed by atoms with Crippen LogP contribution in [0.1, 0.15) is 43.6 Å². The van der Waals surface area contributed by atoms with Crippen molar-refractivity contribution in [2.75, 3.05) is 7.11 Å². The van der Waals surface area contributed by atoms with E-state index in [9.17, 15) is 14.0 Å². The maximum absolute atomic E-state index is 13.2. The molecule has 0 radical (unpaired) electrons. The van der Waals surface area contributed by atoms with Crippen molar-refractivity contribution in [2.24, 2.45) is 0 Å². The second kappa shape index (κ2) is 7.72. The van der Waals surface area contributed by atoms with Gasteiger partial charge in [-0.25, -0.2) is 9.18 Å². The summed E-state index contributed by atoms with van der Waals surface area (Å²) in [5.41, 5.74) is 3.22. The second-order valence-electron chi connectivity index (χ2n) is 6.45. The van der Waals surface area contributed by atoms with Gasteiger partial charge in [0.2, 0.25) is 0 Å². The highest BCUT2D eigenvalue weighted by Gasteiger charge is 2.19. The number of rotatable bonds is 5. The van der Waals surface area contributed by atoms with Gasteiger partial charge in [-0.3, -0.25) is 4.79 Å². The van der Waals surface area contributed by atoms with Crippen molar-refractivity contribution >= 4 is 11.9 Å². The Morgan fingerprint density at radius 1 is 1.11 bits per heavy atom. The van der Waals surface area contributed by atoms with Gasteiger partial charge >= 0.3 is 5.97 Å². The van der Waals surface area contributed by atoms with Crippen molar-refractivity contribution in [3.8, 4) is 5.69 Å². The molecule has 0 spiro atoms. The van der Waals surface area contributed by atoms with Crippen molar-refractivity contribution in [1.29, 1.82) is 0 Å².